The van der Waals surface area contributed by atoms with Crippen molar-refractivity contribution in [2.75, 3.05) is 13.7 Å². The summed E-state index contributed by atoms with van der Waals surface area (Å²) < 4.78 is 27.5. The van der Waals surface area contributed by atoms with Gasteiger partial charge in [-0.1, -0.05) is 55.8 Å². The number of halogens is 1. The maximum atomic E-state index is 13.5. The molecule has 13 nitrogen and oxygen atoms in total. The second kappa shape index (κ2) is 15.3. The first-order chi connectivity index (χ1) is 22.0. The lowest BCUT2D eigenvalue weighted by atomic mass is 9.91. The van der Waals surface area contributed by atoms with Crippen molar-refractivity contribution in [3.63, 3.8) is 0 Å². The zero-order valence-corrected chi connectivity index (χ0v) is 26.2. The summed E-state index contributed by atoms with van der Waals surface area (Å²) in [5.41, 5.74) is 0.380. The Morgan fingerprint density at radius 2 is 1.78 bits per heavy atom. The van der Waals surface area contributed by atoms with Crippen molar-refractivity contribution in [2.24, 2.45) is 11.8 Å². The number of nitrogens with zero attached hydrogens (tertiary/aromatic N) is 2. The minimum absolute atomic E-state index is 0.00826. The van der Waals surface area contributed by atoms with Crippen LogP contribution in [0.3, 0.4) is 0 Å². The molecule has 0 unspecified atom stereocenters. The van der Waals surface area contributed by atoms with E-state index in [1.165, 1.54) is 44.6 Å². The first kappa shape index (κ1) is 33.8. The van der Waals surface area contributed by atoms with E-state index in [4.69, 9.17) is 35.3 Å². The van der Waals surface area contributed by atoms with Crippen LogP contribution in [0, 0.1) is 11.8 Å². The quantitative estimate of drug-likeness (QED) is 0.203. The van der Waals surface area contributed by atoms with Gasteiger partial charge in [0.1, 0.15) is 23.8 Å². The number of hydrogen-bond acceptors (Lipinski definition) is 12. The van der Waals surface area contributed by atoms with Gasteiger partial charge in [0.25, 0.3) is 5.91 Å². The van der Waals surface area contributed by atoms with E-state index in [1.54, 1.807) is 38.1 Å². The van der Waals surface area contributed by atoms with Gasteiger partial charge in [0.15, 0.2) is 23.6 Å². The molecule has 0 saturated carbocycles. The lowest BCUT2D eigenvalue weighted by Crippen LogP contribution is -2.47. The molecule has 1 aliphatic heterocycles. The summed E-state index contributed by atoms with van der Waals surface area (Å²) in [4.78, 5) is 73.6. The highest BCUT2D eigenvalue weighted by atomic mass is 35.5. The lowest BCUT2D eigenvalue weighted by molar-refractivity contribution is -0.176. The molecule has 1 amide bonds. The number of aromatic nitrogens is 2. The lowest BCUT2D eigenvalue weighted by Gasteiger charge is -2.29. The van der Waals surface area contributed by atoms with Crippen LogP contribution in [0.5, 0.6) is 11.5 Å². The molecule has 0 radical (unpaired) electrons. The molecular weight excluding hydrogens is 622 g/mol. The number of rotatable bonds is 9. The van der Waals surface area contributed by atoms with Gasteiger partial charge in [0, 0.05) is 18.5 Å². The van der Waals surface area contributed by atoms with Gasteiger partial charge in [-0.05, 0) is 31.0 Å². The number of methoxy groups -OCH3 is 1. The highest BCUT2D eigenvalue weighted by Crippen LogP contribution is 2.31. The number of benzene rings is 1. The van der Waals surface area contributed by atoms with Crippen LogP contribution in [0.2, 0.25) is 5.15 Å². The van der Waals surface area contributed by atoms with E-state index < -0.39 is 72.2 Å². The van der Waals surface area contributed by atoms with Gasteiger partial charge in [0.05, 0.1) is 18.6 Å². The Kier molecular flexibility index (Phi) is 11.3. The van der Waals surface area contributed by atoms with Gasteiger partial charge < -0.3 is 29.0 Å². The molecular formula is C32H32ClN3O10. The van der Waals surface area contributed by atoms with Crippen LogP contribution in [0.1, 0.15) is 47.2 Å². The maximum absolute atomic E-state index is 13.5. The minimum atomic E-state index is -1.51. The summed E-state index contributed by atoms with van der Waals surface area (Å²) in [7, 11) is 1.29. The average Bonchev–Trinajstić information content (AvgIpc) is 3.07. The number of ether oxygens (including phenoxy) is 5. The molecule has 4 atom stereocenters. The number of amides is 1. The van der Waals surface area contributed by atoms with Crippen LogP contribution in [-0.4, -0.2) is 71.7 Å². The minimum Gasteiger partial charge on any atom is -0.493 e. The number of hydrogen-bond donors (Lipinski definition) is 1. The van der Waals surface area contributed by atoms with E-state index in [0.29, 0.717) is 0 Å². The van der Waals surface area contributed by atoms with Crippen molar-refractivity contribution in [3.8, 4) is 11.5 Å². The second-order valence-corrected chi connectivity index (χ2v) is 11.0. The van der Waals surface area contributed by atoms with Crippen molar-refractivity contribution in [2.45, 2.75) is 45.4 Å². The summed E-state index contributed by atoms with van der Waals surface area (Å²) in [6.07, 6.45) is 0.260. The summed E-state index contributed by atoms with van der Waals surface area (Å²) in [5, 5.41) is 2.59. The molecule has 1 fully saturated rings. The molecule has 14 heteroatoms. The first-order valence-electron chi connectivity index (χ1n) is 14.3. The van der Waals surface area contributed by atoms with Gasteiger partial charge >= 0.3 is 23.9 Å². The van der Waals surface area contributed by atoms with E-state index in [2.05, 4.69) is 15.3 Å². The van der Waals surface area contributed by atoms with E-state index in [-0.39, 0.29) is 28.6 Å². The summed E-state index contributed by atoms with van der Waals surface area (Å²) in [6, 6.07) is 11.6. The van der Waals surface area contributed by atoms with E-state index in [9.17, 15) is 24.0 Å². The Balaban J connectivity index is 1.59. The predicted octanol–water partition coefficient (Wildman–Crippen LogP) is 3.37. The van der Waals surface area contributed by atoms with E-state index >= 15 is 0 Å². The number of carbonyl (C=O) groups is 5. The van der Waals surface area contributed by atoms with Gasteiger partial charge in [-0.25, -0.2) is 19.6 Å². The highest BCUT2D eigenvalue weighted by molar-refractivity contribution is 6.29. The number of cyclic esters (lactones) is 2. The molecule has 242 valence electrons. The van der Waals surface area contributed by atoms with Gasteiger partial charge in [-0.15, -0.1) is 0 Å². The van der Waals surface area contributed by atoms with Gasteiger partial charge in [0.2, 0.25) is 5.75 Å². The summed E-state index contributed by atoms with van der Waals surface area (Å²) in [6.45, 7) is 4.14. The van der Waals surface area contributed by atoms with Gasteiger partial charge in [-0.2, -0.15) is 0 Å². The largest absolute Gasteiger partial charge is 0.493 e. The molecule has 3 heterocycles. The van der Waals surface area contributed by atoms with Crippen LogP contribution >= 0.6 is 11.6 Å². The van der Waals surface area contributed by atoms with Crippen LogP contribution in [0.15, 0.2) is 60.9 Å². The van der Waals surface area contributed by atoms with E-state index in [0.717, 1.165) is 5.56 Å². The van der Waals surface area contributed by atoms with Crippen LogP contribution in [0.4, 0.5) is 0 Å². The maximum Gasteiger partial charge on any atom is 0.345 e. The molecule has 0 aliphatic carbocycles. The first-order valence-corrected chi connectivity index (χ1v) is 14.6. The molecule has 2 aromatic heterocycles. The number of pyridine rings is 2. The topological polar surface area (TPSA) is 169 Å². The molecule has 4 rings (SSSR count). The molecule has 3 aromatic rings. The Morgan fingerprint density at radius 3 is 2.43 bits per heavy atom. The number of carbonyl (C=O) groups excluding carboxylic acids is 5. The van der Waals surface area contributed by atoms with Crippen LogP contribution in [-0.2, 0) is 35.0 Å². The normalized spacial score (nSPS) is 19.9. The number of nitrogens with one attached hydrogen (secondary N) is 1. The molecule has 1 aliphatic rings. The monoisotopic (exact) mass is 653 g/mol. The predicted molar refractivity (Wildman–Crippen MR) is 161 cm³/mol. The Morgan fingerprint density at radius 1 is 1.04 bits per heavy atom. The summed E-state index contributed by atoms with van der Waals surface area (Å²) >= 11 is 5.80. The Bertz CT molecular complexity index is 1580. The molecule has 1 saturated heterocycles. The number of esters is 4. The van der Waals surface area contributed by atoms with Crippen molar-refractivity contribution in [1.82, 2.24) is 15.3 Å². The van der Waals surface area contributed by atoms with Crippen LogP contribution in [0.25, 0.3) is 0 Å². The fourth-order valence-corrected chi connectivity index (χ4v) is 4.59. The molecule has 1 N–H and O–H groups in total. The third-order valence-electron chi connectivity index (χ3n) is 6.93. The SMILES string of the molecule is COc1ccnc(C(=O)N[C@H]2COC(=O)[C@H](Cc3ccccc3)[C@@H](OC(=O)C(C)C)[C@H](C)OC2=O)c1OC(=O)c1ccc(Cl)nc1. The molecule has 0 bridgehead atoms. The van der Waals surface area contributed by atoms with Crippen molar-refractivity contribution < 1.29 is 47.7 Å². The second-order valence-electron chi connectivity index (χ2n) is 10.6. The van der Waals surface area contributed by atoms with Crippen LogP contribution < -0.4 is 14.8 Å². The smallest absolute Gasteiger partial charge is 0.345 e. The highest BCUT2D eigenvalue weighted by Gasteiger charge is 2.42. The van der Waals surface area contributed by atoms with Crippen molar-refractivity contribution in [3.05, 3.63) is 82.9 Å². The zero-order valence-electron chi connectivity index (χ0n) is 25.4. The molecule has 46 heavy (non-hydrogen) atoms. The average molecular weight is 654 g/mol. The Hall–Kier alpha value is -5.04. The van der Waals surface area contributed by atoms with Crippen molar-refractivity contribution >= 4 is 41.4 Å². The van der Waals surface area contributed by atoms with Crippen molar-refractivity contribution in [1.29, 1.82) is 0 Å². The fraction of sp³-hybridized carbons (Fsp3) is 0.344. The van der Waals surface area contributed by atoms with E-state index in [1.807, 2.05) is 6.07 Å². The molecule has 0 spiro atoms. The third kappa shape index (κ3) is 8.36. The third-order valence-corrected chi connectivity index (χ3v) is 7.15. The van der Waals surface area contributed by atoms with Gasteiger partial charge in [-0.3, -0.25) is 14.4 Å². The summed E-state index contributed by atoms with van der Waals surface area (Å²) in [5.74, 6) is -6.08. The molecule has 1 aromatic carbocycles. The standard InChI is InChI=1S/C32H32ClN3O10/c1-17(2)29(38)45-26-18(3)44-32(41)22(16-43-31(40)21(26)14-19-8-6-5-7-9-19)36-28(37)25-27(23(42-4)12-13-34-25)46-30(39)20-10-11-24(33)35-15-20/h5-13,15,17-18,21-22,26H,14,16H2,1-4H3,(H,36,37)/t18-,21+,22-,26-/m0/s1. The fourth-order valence-electron chi connectivity index (χ4n) is 4.48. The Labute approximate surface area is 269 Å². The zero-order chi connectivity index (χ0) is 33.4.